The Kier molecular flexibility index (Phi) is 4.22. The number of halogens is 1. The fraction of sp³-hybridized carbons (Fsp3) is 0.611. The third-order valence-corrected chi connectivity index (χ3v) is 6.48. The molecule has 0 spiro atoms. The number of aromatic amines is 1. The Hall–Kier alpha value is -2.02. The Morgan fingerprint density at radius 1 is 1.15 bits per heavy atom. The normalized spacial score (nSPS) is 34.3. The van der Waals surface area contributed by atoms with Gasteiger partial charge in [-0.25, -0.2) is 0 Å². The minimum atomic E-state index is -0.469. The SMILES string of the molecule is O=C(CNC(=O)C12C[C@@H]3C[C@@H](CC(Cl)(C3)C1)C2)NNC(=O)c1ccc[nH]1. The van der Waals surface area contributed by atoms with Crippen LogP contribution >= 0.6 is 11.6 Å². The van der Waals surface area contributed by atoms with Crippen LogP contribution in [0.15, 0.2) is 18.3 Å². The molecule has 7 nitrogen and oxygen atoms in total. The average molecular weight is 379 g/mol. The molecule has 4 fully saturated rings. The number of carbonyl (C=O) groups excluding carboxylic acids is 3. The highest BCUT2D eigenvalue weighted by Crippen LogP contribution is 2.63. The van der Waals surface area contributed by atoms with E-state index in [2.05, 4.69) is 21.2 Å². The quantitative estimate of drug-likeness (QED) is 0.471. The highest BCUT2D eigenvalue weighted by molar-refractivity contribution is 6.24. The Morgan fingerprint density at radius 3 is 2.50 bits per heavy atom. The second-order valence-electron chi connectivity index (χ2n) is 8.16. The maximum absolute atomic E-state index is 12.8. The summed E-state index contributed by atoms with van der Waals surface area (Å²) in [7, 11) is 0. The van der Waals surface area contributed by atoms with E-state index in [0.717, 1.165) is 25.7 Å². The molecular weight excluding hydrogens is 356 g/mol. The average Bonchev–Trinajstić information content (AvgIpc) is 3.09. The lowest BCUT2D eigenvalue weighted by Crippen LogP contribution is -2.59. The van der Waals surface area contributed by atoms with Gasteiger partial charge in [0.25, 0.3) is 11.8 Å². The van der Waals surface area contributed by atoms with Crippen LogP contribution in [0.5, 0.6) is 0 Å². The molecule has 8 heteroatoms. The van der Waals surface area contributed by atoms with Crippen LogP contribution in [0.1, 0.15) is 49.0 Å². The van der Waals surface area contributed by atoms with E-state index in [1.54, 1.807) is 18.3 Å². The van der Waals surface area contributed by atoms with Gasteiger partial charge in [0.05, 0.1) is 12.0 Å². The van der Waals surface area contributed by atoms with Crippen molar-refractivity contribution >= 4 is 29.3 Å². The molecular formula is C18H23ClN4O3. The third-order valence-electron chi connectivity index (χ3n) is 6.04. The molecule has 1 aromatic rings. The zero-order valence-corrected chi connectivity index (χ0v) is 15.2. The molecule has 0 saturated heterocycles. The summed E-state index contributed by atoms with van der Waals surface area (Å²) in [5.41, 5.74) is 4.53. The largest absolute Gasteiger partial charge is 0.357 e. The maximum Gasteiger partial charge on any atom is 0.286 e. The minimum absolute atomic E-state index is 0.0810. The van der Waals surface area contributed by atoms with Crippen LogP contribution in [0.3, 0.4) is 0 Å². The molecule has 3 amide bonds. The number of rotatable bonds is 4. The van der Waals surface area contributed by atoms with Gasteiger partial charge in [0.1, 0.15) is 5.69 Å². The van der Waals surface area contributed by atoms with Crippen LogP contribution in [0.25, 0.3) is 0 Å². The van der Waals surface area contributed by atoms with Crippen LogP contribution in [0.2, 0.25) is 0 Å². The van der Waals surface area contributed by atoms with E-state index in [9.17, 15) is 14.4 Å². The van der Waals surface area contributed by atoms with Crippen molar-refractivity contribution in [2.45, 2.75) is 43.4 Å². The second kappa shape index (κ2) is 6.30. The van der Waals surface area contributed by atoms with E-state index in [-0.39, 0.29) is 17.3 Å². The molecule has 1 aromatic heterocycles. The molecule has 4 N–H and O–H groups in total. The van der Waals surface area contributed by atoms with E-state index in [1.165, 1.54) is 6.42 Å². The predicted octanol–water partition coefficient (Wildman–Crippen LogP) is 1.47. The monoisotopic (exact) mass is 378 g/mol. The van der Waals surface area contributed by atoms with Crippen molar-refractivity contribution in [3.05, 3.63) is 24.0 Å². The summed E-state index contributed by atoms with van der Waals surface area (Å²) in [6.45, 7) is -0.170. The summed E-state index contributed by atoms with van der Waals surface area (Å²) in [5, 5.41) is 2.75. The number of amides is 3. The van der Waals surface area contributed by atoms with Gasteiger partial charge in [-0.05, 0) is 62.5 Å². The van der Waals surface area contributed by atoms with Crippen molar-refractivity contribution in [1.82, 2.24) is 21.2 Å². The van der Waals surface area contributed by atoms with Crippen molar-refractivity contribution in [3.63, 3.8) is 0 Å². The van der Waals surface area contributed by atoms with E-state index in [4.69, 9.17) is 11.6 Å². The van der Waals surface area contributed by atoms with E-state index in [0.29, 0.717) is 24.0 Å². The summed E-state index contributed by atoms with van der Waals surface area (Å²) >= 11 is 6.75. The van der Waals surface area contributed by atoms with Crippen LogP contribution in [0.4, 0.5) is 0 Å². The zero-order valence-electron chi connectivity index (χ0n) is 14.4. The van der Waals surface area contributed by atoms with Crippen molar-refractivity contribution in [3.8, 4) is 0 Å². The first kappa shape index (κ1) is 17.4. The molecule has 0 aromatic carbocycles. The zero-order chi connectivity index (χ0) is 18.4. The number of carbonyl (C=O) groups is 3. The molecule has 0 radical (unpaired) electrons. The topological polar surface area (TPSA) is 103 Å². The summed E-state index contributed by atoms with van der Waals surface area (Å²) in [6, 6.07) is 3.28. The van der Waals surface area contributed by atoms with Gasteiger partial charge in [0.2, 0.25) is 5.91 Å². The van der Waals surface area contributed by atoms with Gasteiger partial charge in [-0.15, -0.1) is 11.6 Å². The fourth-order valence-electron chi connectivity index (χ4n) is 5.47. The van der Waals surface area contributed by atoms with Crippen LogP contribution in [-0.4, -0.2) is 34.1 Å². The summed E-state index contributed by atoms with van der Waals surface area (Å²) in [4.78, 5) is 39.0. The molecule has 5 rings (SSSR count). The number of hydrogen-bond donors (Lipinski definition) is 4. The molecule has 2 unspecified atom stereocenters. The molecule has 4 aliphatic carbocycles. The third kappa shape index (κ3) is 3.20. The molecule has 4 atom stereocenters. The van der Waals surface area contributed by atoms with Gasteiger partial charge in [-0.3, -0.25) is 25.2 Å². The highest BCUT2D eigenvalue weighted by Gasteiger charge is 2.60. The molecule has 4 bridgehead atoms. The summed E-state index contributed by atoms with van der Waals surface area (Å²) in [5.74, 6) is 0.0488. The smallest absolute Gasteiger partial charge is 0.286 e. The van der Waals surface area contributed by atoms with E-state index < -0.39 is 17.2 Å². The Bertz CT molecular complexity index is 719. The standard InChI is InChI=1S/C18H23ClN4O3/c19-18-7-11-4-12(8-18)6-17(5-11,10-18)16(26)21-9-14(24)22-23-15(25)13-2-1-3-20-13/h1-3,11-12,20H,4-10H2,(H,21,26)(H,22,24)(H,23,25)/t11-,12+,17?,18?. The lowest BCUT2D eigenvalue weighted by Gasteiger charge is -2.59. The van der Waals surface area contributed by atoms with Crippen LogP contribution < -0.4 is 16.2 Å². The van der Waals surface area contributed by atoms with Crippen LogP contribution in [0, 0.1) is 17.3 Å². The van der Waals surface area contributed by atoms with Crippen molar-refractivity contribution in [2.75, 3.05) is 6.54 Å². The van der Waals surface area contributed by atoms with Crippen molar-refractivity contribution < 1.29 is 14.4 Å². The predicted molar refractivity (Wildman–Crippen MR) is 95.1 cm³/mol. The number of alkyl halides is 1. The number of nitrogens with one attached hydrogen (secondary N) is 4. The number of hydrogen-bond acceptors (Lipinski definition) is 3. The molecule has 4 aliphatic rings. The van der Waals surface area contributed by atoms with Crippen molar-refractivity contribution in [2.24, 2.45) is 17.3 Å². The lowest BCUT2D eigenvalue weighted by molar-refractivity contribution is -0.145. The maximum atomic E-state index is 12.8. The van der Waals surface area contributed by atoms with E-state index in [1.807, 2.05) is 0 Å². The molecule has 4 saturated carbocycles. The fourth-order valence-corrected chi connectivity index (χ4v) is 6.17. The first-order chi connectivity index (χ1) is 12.4. The lowest BCUT2D eigenvalue weighted by atomic mass is 9.49. The Balaban J connectivity index is 1.29. The van der Waals surface area contributed by atoms with Gasteiger partial charge >= 0.3 is 0 Å². The highest BCUT2D eigenvalue weighted by atomic mass is 35.5. The number of H-pyrrole nitrogens is 1. The van der Waals surface area contributed by atoms with Crippen molar-refractivity contribution in [1.29, 1.82) is 0 Å². The first-order valence-electron chi connectivity index (χ1n) is 9.07. The van der Waals surface area contributed by atoms with Gasteiger partial charge in [-0.2, -0.15) is 0 Å². The van der Waals surface area contributed by atoms with Gasteiger partial charge in [-0.1, -0.05) is 0 Å². The molecule has 140 valence electrons. The molecule has 26 heavy (non-hydrogen) atoms. The summed E-state index contributed by atoms with van der Waals surface area (Å²) < 4.78 is 0. The van der Waals surface area contributed by atoms with Crippen LogP contribution in [-0.2, 0) is 9.59 Å². The van der Waals surface area contributed by atoms with Gasteiger partial charge in [0.15, 0.2) is 0 Å². The minimum Gasteiger partial charge on any atom is -0.357 e. The summed E-state index contributed by atoms with van der Waals surface area (Å²) in [6.07, 6.45) is 7.24. The number of hydrazine groups is 1. The second-order valence-corrected chi connectivity index (χ2v) is 8.96. The van der Waals surface area contributed by atoms with Gasteiger partial charge < -0.3 is 10.3 Å². The number of aromatic nitrogens is 1. The van der Waals surface area contributed by atoms with E-state index >= 15 is 0 Å². The Morgan fingerprint density at radius 2 is 1.88 bits per heavy atom. The molecule has 1 heterocycles. The van der Waals surface area contributed by atoms with Gasteiger partial charge in [0, 0.05) is 11.1 Å². The first-order valence-corrected chi connectivity index (χ1v) is 9.45. The molecule has 0 aliphatic heterocycles. The Labute approximate surface area is 156 Å².